The van der Waals surface area contributed by atoms with Gasteiger partial charge in [0.1, 0.15) is 5.75 Å². The Morgan fingerprint density at radius 2 is 1.67 bits per heavy atom. The molecule has 7 heteroatoms. The molecular weight excluding hydrogens is 364 g/mol. The van der Waals surface area contributed by atoms with E-state index in [1.54, 1.807) is 36.2 Å². The van der Waals surface area contributed by atoms with Gasteiger partial charge in [-0.15, -0.1) is 0 Å². The zero-order valence-electron chi connectivity index (χ0n) is 16.1. The second-order valence-corrected chi connectivity index (χ2v) is 7.94. The lowest BCUT2D eigenvalue weighted by molar-refractivity contribution is 0.0740. The van der Waals surface area contributed by atoms with E-state index in [2.05, 4.69) is 4.72 Å². The van der Waals surface area contributed by atoms with Crippen LogP contribution in [0.4, 0.5) is 5.69 Å². The van der Waals surface area contributed by atoms with Crippen LogP contribution in [0.5, 0.6) is 5.75 Å². The van der Waals surface area contributed by atoms with Crippen LogP contribution in [-0.2, 0) is 10.0 Å². The van der Waals surface area contributed by atoms with Crippen LogP contribution in [0.2, 0.25) is 0 Å². The quantitative estimate of drug-likeness (QED) is 0.745. The van der Waals surface area contributed by atoms with Crippen molar-refractivity contribution in [3.05, 3.63) is 54.1 Å². The number of nitrogens with one attached hydrogen (secondary N) is 1. The van der Waals surface area contributed by atoms with E-state index in [1.807, 2.05) is 20.8 Å². The fraction of sp³-hybridized carbons (Fsp3) is 0.350. The van der Waals surface area contributed by atoms with Gasteiger partial charge in [0, 0.05) is 24.3 Å². The Labute approximate surface area is 161 Å². The molecule has 0 aromatic heterocycles. The van der Waals surface area contributed by atoms with Crippen molar-refractivity contribution in [2.45, 2.75) is 38.1 Å². The molecule has 0 aliphatic carbocycles. The van der Waals surface area contributed by atoms with Crippen molar-refractivity contribution in [2.24, 2.45) is 0 Å². The minimum absolute atomic E-state index is 0.0964. The number of carbonyl (C=O) groups excluding carboxylic acids is 1. The van der Waals surface area contributed by atoms with Gasteiger partial charge in [0.05, 0.1) is 11.5 Å². The number of rotatable bonds is 8. The fourth-order valence-electron chi connectivity index (χ4n) is 2.45. The summed E-state index contributed by atoms with van der Waals surface area (Å²) in [6, 6.07) is 12.7. The zero-order valence-corrected chi connectivity index (χ0v) is 16.9. The highest BCUT2D eigenvalue weighted by atomic mass is 32.2. The molecule has 0 aliphatic heterocycles. The molecule has 0 spiro atoms. The highest BCUT2D eigenvalue weighted by Gasteiger charge is 2.18. The molecular formula is C20H26N2O4S. The van der Waals surface area contributed by atoms with E-state index in [-0.39, 0.29) is 16.8 Å². The lowest BCUT2D eigenvalue weighted by Crippen LogP contribution is -2.34. The number of sulfonamides is 1. The molecule has 2 aromatic rings. The molecule has 2 aromatic carbocycles. The minimum Gasteiger partial charge on any atom is -0.494 e. The summed E-state index contributed by atoms with van der Waals surface area (Å²) in [5.41, 5.74) is 0.896. The van der Waals surface area contributed by atoms with E-state index in [4.69, 9.17) is 4.74 Å². The number of hydrogen-bond acceptors (Lipinski definition) is 4. The van der Waals surface area contributed by atoms with Gasteiger partial charge < -0.3 is 9.64 Å². The van der Waals surface area contributed by atoms with Crippen molar-refractivity contribution < 1.29 is 17.9 Å². The molecule has 1 atom stereocenters. The average molecular weight is 391 g/mol. The SMILES string of the molecule is CCOc1ccc(NS(=O)(=O)c2ccc(C(=O)N(C)C(C)CC)cc2)cc1. The van der Waals surface area contributed by atoms with E-state index in [0.29, 0.717) is 23.6 Å². The third-order valence-corrected chi connectivity index (χ3v) is 5.80. The van der Waals surface area contributed by atoms with Crippen LogP contribution in [0, 0.1) is 0 Å². The topological polar surface area (TPSA) is 75.7 Å². The lowest BCUT2D eigenvalue weighted by atomic mass is 10.1. The molecule has 0 radical (unpaired) electrons. The maximum atomic E-state index is 12.5. The van der Waals surface area contributed by atoms with Crippen LogP contribution >= 0.6 is 0 Å². The van der Waals surface area contributed by atoms with E-state index < -0.39 is 10.0 Å². The Morgan fingerprint density at radius 1 is 1.07 bits per heavy atom. The Hall–Kier alpha value is -2.54. The first-order valence-corrected chi connectivity index (χ1v) is 10.4. The summed E-state index contributed by atoms with van der Waals surface area (Å²) in [5, 5.41) is 0. The first-order valence-electron chi connectivity index (χ1n) is 8.91. The molecule has 6 nitrogen and oxygen atoms in total. The van der Waals surface area contributed by atoms with Crippen LogP contribution in [0.25, 0.3) is 0 Å². The van der Waals surface area contributed by atoms with Crippen LogP contribution in [0.3, 0.4) is 0 Å². The molecule has 0 saturated heterocycles. The van der Waals surface area contributed by atoms with Crippen LogP contribution in [0.1, 0.15) is 37.6 Å². The van der Waals surface area contributed by atoms with Gasteiger partial charge in [0.15, 0.2) is 0 Å². The van der Waals surface area contributed by atoms with Gasteiger partial charge in [-0.1, -0.05) is 6.92 Å². The van der Waals surface area contributed by atoms with Crippen molar-refractivity contribution in [1.29, 1.82) is 0 Å². The van der Waals surface area contributed by atoms with E-state index in [9.17, 15) is 13.2 Å². The van der Waals surface area contributed by atoms with Crippen molar-refractivity contribution in [3.8, 4) is 5.75 Å². The van der Waals surface area contributed by atoms with Gasteiger partial charge in [0.2, 0.25) is 0 Å². The second kappa shape index (κ2) is 8.90. The third kappa shape index (κ3) is 5.23. The summed E-state index contributed by atoms with van der Waals surface area (Å²) in [5.74, 6) is 0.543. The van der Waals surface area contributed by atoms with Crippen molar-refractivity contribution in [3.63, 3.8) is 0 Å². The monoisotopic (exact) mass is 390 g/mol. The third-order valence-electron chi connectivity index (χ3n) is 4.40. The highest BCUT2D eigenvalue weighted by Crippen LogP contribution is 2.20. The molecule has 2 rings (SSSR count). The first-order chi connectivity index (χ1) is 12.8. The van der Waals surface area contributed by atoms with Crippen molar-refractivity contribution >= 4 is 21.6 Å². The summed E-state index contributed by atoms with van der Waals surface area (Å²) in [7, 11) is -1.99. The summed E-state index contributed by atoms with van der Waals surface area (Å²) in [6.45, 7) is 6.40. The molecule has 0 heterocycles. The van der Waals surface area contributed by atoms with Gasteiger partial charge in [-0.3, -0.25) is 9.52 Å². The smallest absolute Gasteiger partial charge is 0.261 e. The van der Waals surface area contributed by atoms with E-state index >= 15 is 0 Å². The van der Waals surface area contributed by atoms with E-state index in [0.717, 1.165) is 6.42 Å². The number of carbonyl (C=O) groups is 1. The lowest BCUT2D eigenvalue weighted by Gasteiger charge is -2.23. The fourth-order valence-corrected chi connectivity index (χ4v) is 3.51. The van der Waals surface area contributed by atoms with Crippen LogP contribution < -0.4 is 9.46 Å². The predicted octanol–water partition coefficient (Wildman–Crippen LogP) is 3.76. The molecule has 0 aliphatic rings. The van der Waals surface area contributed by atoms with Crippen LogP contribution in [0.15, 0.2) is 53.4 Å². The molecule has 0 fully saturated rings. The predicted molar refractivity (Wildman–Crippen MR) is 107 cm³/mol. The maximum absolute atomic E-state index is 12.5. The molecule has 27 heavy (non-hydrogen) atoms. The largest absolute Gasteiger partial charge is 0.494 e. The number of ether oxygens (including phenoxy) is 1. The molecule has 1 amide bonds. The summed E-state index contributed by atoms with van der Waals surface area (Å²) in [4.78, 5) is 14.2. The standard InChI is InChI=1S/C20H26N2O4S/c1-5-15(3)22(4)20(23)16-7-13-19(14-8-16)27(24,25)21-17-9-11-18(12-10-17)26-6-2/h7-15,21H,5-6H2,1-4H3. The number of benzene rings is 2. The Morgan fingerprint density at radius 3 is 2.19 bits per heavy atom. The first kappa shape index (κ1) is 20.8. The van der Waals surface area contributed by atoms with Crippen molar-refractivity contribution in [1.82, 2.24) is 4.90 Å². The number of anilines is 1. The Kier molecular flexibility index (Phi) is 6.85. The zero-order chi connectivity index (χ0) is 20.0. The Balaban J connectivity index is 2.13. The van der Waals surface area contributed by atoms with Gasteiger partial charge in [-0.05, 0) is 68.8 Å². The second-order valence-electron chi connectivity index (χ2n) is 6.26. The average Bonchev–Trinajstić information content (AvgIpc) is 2.67. The Bertz CT molecular complexity index is 862. The van der Waals surface area contributed by atoms with E-state index in [1.165, 1.54) is 24.3 Å². The number of nitrogens with zero attached hydrogens (tertiary/aromatic N) is 1. The van der Waals surface area contributed by atoms with Gasteiger partial charge >= 0.3 is 0 Å². The normalized spacial score (nSPS) is 12.3. The molecule has 0 bridgehead atoms. The van der Waals surface area contributed by atoms with Crippen molar-refractivity contribution in [2.75, 3.05) is 18.4 Å². The molecule has 1 unspecified atom stereocenters. The summed E-state index contributed by atoms with van der Waals surface area (Å²) >= 11 is 0. The molecule has 146 valence electrons. The number of amides is 1. The van der Waals surface area contributed by atoms with Gasteiger partial charge in [-0.2, -0.15) is 0 Å². The summed E-state index contributed by atoms with van der Waals surface area (Å²) < 4.78 is 33.0. The van der Waals surface area contributed by atoms with Crippen LogP contribution in [-0.4, -0.2) is 38.9 Å². The number of hydrogen-bond donors (Lipinski definition) is 1. The molecule has 1 N–H and O–H groups in total. The minimum atomic E-state index is -3.74. The van der Waals surface area contributed by atoms with Gasteiger partial charge in [-0.25, -0.2) is 8.42 Å². The highest BCUT2D eigenvalue weighted by molar-refractivity contribution is 7.92. The molecule has 0 saturated carbocycles. The maximum Gasteiger partial charge on any atom is 0.261 e. The summed E-state index contributed by atoms with van der Waals surface area (Å²) in [6.07, 6.45) is 0.848. The van der Waals surface area contributed by atoms with Gasteiger partial charge in [0.25, 0.3) is 15.9 Å².